The third-order valence-corrected chi connectivity index (χ3v) is 3.98. The molecule has 4 heteroatoms. The lowest BCUT2D eigenvalue weighted by molar-refractivity contribution is -0.129. The average Bonchev–Trinajstić information content (AvgIpc) is 2.29. The Kier molecular flexibility index (Phi) is 6.10. The molecule has 1 aliphatic rings. The maximum atomic E-state index is 11.8. The number of rotatable bonds is 5. The fourth-order valence-electron chi connectivity index (χ4n) is 2.02. The van der Waals surface area contributed by atoms with Gasteiger partial charge in [-0.25, -0.2) is 0 Å². The van der Waals surface area contributed by atoms with Crippen LogP contribution in [-0.2, 0) is 4.79 Å². The molecule has 1 saturated carbocycles. The van der Waals surface area contributed by atoms with Crippen molar-refractivity contribution in [1.82, 2.24) is 4.90 Å². The lowest BCUT2D eigenvalue weighted by Crippen LogP contribution is -2.39. The zero-order valence-corrected chi connectivity index (χ0v) is 10.4. The predicted molar refractivity (Wildman–Crippen MR) is 66.0 cm³/mol. The number of amides is 1. The van der Waals surface area contributed by atoms with Crippen LogP contribution in [0.5, 0.6) is 0 Å². The van der Waals surface area contributed by atoms with E-state index in [0.717, 1.165) is 5.75 Å². The van der Waals surface area contributed by atoms with Crippen LogP contribution >= 0.6 is 11.8 Å². The van der Waals surface area contributed by atoms with Crippen LogP contribution in [0.3, 0.4) is 0 Å². The van der Waals surface area contributed by atoms with Crippen LogP contribution in [0, 0.1) is 0 Å². The molecule has 0 radical (unpaired) electrons. The highest BCUT2D eigenvalue weighted by molar-refractivity contribution is 7.99. The van der Waals surface area contributed by atoms with E-state index >= 15 is 0 Å². The van der Waals surface area contributed by atoms with Crippen molar-refractivity contribution >= 4 is 17.7 Å². The summed E-state index contributed by atoms with van der Waals surface area (Å²) in [6, 6.07) is 0.490. The van der Waals surface area contributed by atoms with Crippen LogP contribution in [-0.4, -0.2) is 41.9 Å². The van der Waals surface area contributed by atoms with Crippen molar-refractivity contribution in [2.45, 2.75) is 38.1 Å². The minimum Gasteiger partial charge on any atom is -0.342 e. The van der Waals surface area contributed by atoms with Gasteiger partial charge in [0.25, 0.3) is 0 Å². The van der Waals surface area contributed by atoms with Crippen molar-refractivity contribution < 1.29 is 4.79 Å². The average molecular weight is 230 g/mol. The first-order chi connectivity index (χ1) is 7.25. The Labute approximate surface area is 96.8 Å². The van der Waals surface area contributed by atoms with Gasteiger partial charge in [0.2, 0.25) is 5.91 Å². The lowest BCUT2D eigenvalue weighted by atomic mass is 9.94. The van der Waals surface area contributed by atoms with Gasteiger partial charge in [0.1, 0.15) is 0 Å². The molecule has 1 amide bonds. The molecule has 3 nitrogen and oxygen atoms in total. The molecular weight excluding hydrogens is 208 g/mol. The van der Waals surface area contributed by atoms with E-state index in [2.05, 4.69) is 0 Å². The number of hydrogen-bond donors (Lipinski definition) is 1. The zero-order valence-electron chi connectivity index (χ0n) is 9.58. The second-order valence-electron chi connectivity index (χ2n) is 4.14. The van der Waals surface area contributed by atoms with Crippen molar-refractivity contribution in [2.24, 2.45) is 5.73 Å². The molecule has 0 aliphatic heterocycles. The highest BCUT2D eigenvalue weighted by Crippen LogP contribution is 2.22. The van der Waals surface area contributed by atoms with Crippen molar-refractivity contribution in [1.29, 1.82) is 0 Å². The summed E-state index contributed by atoms with van der Waals surface area (Å²) in [6.45, 7) is 0.658. The predicted octanol–water partition coefficient (Wildman–Crippen LogP) is 1.47. The number of nitrogens with two attached hydrogens (primary N) is 1. The first kappa shape index (κ1) is 12.8. The smallest absolute Gasteiger partial charge is 0.232 e. The van der Waals surface area contributed by atoms with Gasteiger partial charge in [0, 0.05) is 25.4 Å². The quantitative estimate of drug-likeness (QED) is 0.728. The summed E-state index contributed by atoms with van der Waals surface area (Å²) < 4.78 is 0. The topological polar surface area (TPSA) is 46.3 Å². The molecule has 0 spiro atoms. The Balaban J connectivity index is 2.24. The van der Waals surface area contributed by atoms with E-state index in [1.165, 1.54) is 32.1 Å². The van der Waals surface area contributed by atoms with Gasteiger partial charge in [-0.1, -0.05) is 19.3 Å². The molecule has 1 fully saturated rings. The van der Waals surface area contributed by atoms with Crippen LogP contribution in [0.1, 0.15) is 32.1 Å². The van der Waals surface area contributed by atoms with E-state index < -0.39 is 0 Å². The molecule has 0 bridgehead atoms. The fraction of sp³-hybridized carbons (Fsp3) is 0.909. The monoisotopic (exact) mass is 230 g/mol. The van der Waals surface area contributed by atoms with Gasteiger partial charge in [-0.2, -0.15) is 11.8 Å². The summed E-state index contributed by atoms with van der Waals surface area (Å²) in [7, 11) is 1.95. The summed E-state index contributed by atoms with van der Waals surface area (Å²) in [5.41, 5.74) is 5.39. The van der Waals surface area contributed by atoms with Crippen molar-refractivity contribution in [3.8, 4) is 0 Å². The Morgan fingerprint density at radius 3 is 2.67 bits per heavy atom. The van der Waals surface area contributed by atoms with E-state index in [-0.39, 0.29) is 5.91 Å². The highest BCUT2D eigenvalue weighted by atomic mass is 32.2. The van der Waals surface area contributed by atoms with Gasteiger partial charge in [0.15, 0.2) is 0 Å². The van der Waals surface area contributed by atoms with Gasteiger partial charge in [0.05, 0.1) is 5.75 Å². The van der Waals surface area contributed by atoms with Gasteiger partial charge in [-0.15, -0.1) is 0 Å². The number of hydrogen-bond acceptors (Lipinski definition) is 3. The van der Waals surface area contributed by atoms with E-state index in [1.807, 2.05) is 11.9 Å². The van der Waals surface area contributed by atoms with Crippen molar-refractivity contribution in [3.05, 3.63) is 0 Å². The van der Waals surface area contributed by atoms with Gasteiger partial charge in [-0.3, -0.25) is 4.79 Å². The Hall–Kier alpha value is -0.220. The molecule has 2 N–H and O–H groups in total. The molecule has 0 aromatic heterocycles. The van der Waals surface area contributed by atoms with Crippen LogP contribution in [0.2, 0.25) is 0 Å². The maximum Gasteiger partial charge on any atom is 0.232 e. The normalized spacial score (nSPS) is 17.7. The molecular formula is C11H22N2OS. The summed E-state index contributed by atoms with van der Waals surface area (Å²) in [4.78, 5) is 13.7. The minimum atomic E-state index is 0.264. The zero-order chi connectivity index (χ0) is 11.1. The van der Waals surface area contributed by atoms with Crippen molar-refractivity contribution in [2.75, 3.05) is 25.1 Å². The van der Waals surface area contributed by atoms with Gasteiger partial charge >= 0.3 is 0 Å². The van der Waals surface area contributed by atoms with Gasteiger partial charge < -0.3 is 10.6 Å². The van der Waals surface area contributed by atoms with Crippen molar-refractivity contribution in [3.63, 3.8) is 0 Å². The number of thioether (sulfide) groups is 1. The second kappa shape index (κ2) is 7.12. The molecule has 1 aliphatic carbocycles. The van der Waals surface area contributed by atoms with Crippen LogP contribution in [0.25, 0.3) is 0 Å². The number of carbonyl (C=O) groups is 1. The maximum absolute atomic E-state index is 11.8. The highest BCUT2D eigenvalue weighted by Gasteiger charge is 2.21. The molecule has 0 aromatic rings. The van der Waals surface area contributed by atoms with E-state index in [0.29, 0.717) is 18.3 Å². The molecule has 0 saturated heterocycles. The molecule has 0 unspecified atom stereocenters. The molecule has 15 heavy (non-hydrogen) atoms. The molecule has 1 rings (SSSR count). The Bertz CT molecular complexity index is 193. The lowest BCUT2D eigenvalue weighted by Gasteiger charge is -2.31. The molecule has 88 valence electrons. The first-order valence-electron chi connectivity index (χ1n) is 5.79. The molecule has 0 atom stereocenters. The molecule has 0 heterocycles. The summed E-state index contributed by atoms with van der Waals surface area (Å²) in [5.74, 6) is 1.73. The van der Waals surface area contributed by atoms with E-state index in [1.54, 1.807) is 11.8 Å². The number of nitrogens with zero attached hydrogens (tertiary/aromatic N) is 1. The standard InChI is InChI=1S/C11H22N2OS/c1-13(10-5-3-2-4-6-10)11(14)9-15-8-7-12/h10H,2-9,12H2,1H3. The Morgan fingerprint density at radius 2 is 2.07 bits per heavy atom. The minimum absolute atomic E-state index is 0.264. The second-order valence-corrected chi connectivity index (χ2v) is 5.24. The van der Waals surface area contributed by atoms with Crippen LogP contribution < -0.4 is 5.73 Å². The third-order valence-electron chi connectivity index (χ3n) is 3.00. The number of carbonyl (C=O) groups excluding carboxylic acids is 1. The molecule has 0 aromatic carbocycles. The summed E-state index contributed by atoms with van der Waals surface area (Å²) >= 11 is 1.64. The summed E-state index contributed by atoms with van der Waals surface area (Å²) in [5, 5.41) is 0. The van der Waals surface area contributed by atoms with E-state index in [4.69, 9.17) is 5.73 Å². The third kappa shape index (κ3) is 4.43. The largest absolute Gasteiger partial charge is 0.342 e. The van der Waals surface area contributed by atoms with E-state index in [9.17, 15) is 4.79 Å². The Morgan fingerprint density at radius 1 is 1.40 bits per heavy atom. The summed E-state index contributed by atoms with van der Waals surface area (Å²) in [6.07, 6.45) is 6.25. The first-order valence-corrected chi connectivity index (χ1v) is 6.94. The fourth-order valence-corrected chi connectivity index (χ4v) is 2.71. The van der Waals surface area contributed by atoms with Gasteiger partial charge in [-0.05, 0) is 12.8 Å². The SMILES string of the molecule is CN(C(=O)CSCCN)C1CCCCC1. The van der Waals surface area contributed by atoms with Crippen LogP contribution in [0.4, 0.5) is 0 Å². The van der Waals surface area contributed by atoms with Crippen LogP contribution in [0.15, 0.2) is 0 Å².